The number of hydrogen-bond donors (Lipinski definition) is 1. The third-order valence-corrected chi connectivity index (χ3v) is 3.39. The second-order valence-corrected chi connectivity index (χ2v) is 4.83. The third-order valence-electron chi connectivity index (χ3n) is 3.39. The highest BCUT2D eigenvalue weighted by molar-refractivity contribution is 5.95. The maximum Gasteiger partial charge on any atom is 0.335 e. The second kappa shape index (κ2) is 6.76. The number of ether oxygens (including phenoxy) is 1. The maximum atomic E-state index is 12.3. The Morgan fingerprint density at radius 2 is 1.64 bits per heavy atom. The number of benzene rings is 2. The van der Waals surface area contributed by atoms with E-state index in [4.69, 9.17) is 9.84 Å². The summed E-state index contributed by atoms with van der Waals surface area (Å²) in [4.78, 5) is 24.6. The minimum Gasteiger partial charge on any atom is -0.497 e. The predicted octanol–water partition coefficient (Wildman–Crippen LogP) is 2.60. The Hall–Kier alpha value is -2.82. The summed E-state index contributed by atoms with van der Waals surface area (Å²) in [5, 5.41) is 8.87. The van der Waals surface area contributed by atoms with Gasteiger partial charge in [0.05, 0.1) is 19.1 Å². The van der Waals surface area contributed by atoms with E-state index in [0.717, 1.165) is 11.3 Å². The number of carbonyl (C=O) groups is 2. The molecular formula is C17H17NO4. The molecule has 22 heavy (non-hydrogen) atoms. The minimum atomic E-state index is -0.987. The van der Waals surface area contributed by atoms with Crippen LogP contribution in [-0.4, -0.2) is 31.1 Å². The molecule has 0 saturated heterocycles. The van der Waals surface area contributed by atoms with Crippen LogP contribution in [0.1, 0.15) is 15.9 Å². The molecule has 0 atom stereocenters. The largest absolute Gasteiger partial charge is 0.497 e. The highest BCUT2D eigenvalue weighted by Gasteiger charge is 2.12. The van der Waals surface area contributed by atoms with E-state index in [0.29, 0.717) is 5.69 Å². The molecule has 0 radical (unpaired) electrons. The van der Waals surface area contributed by atoms with Crippen molar-refractivity contribution in [3.63, 3.8) is 0 Å². The van der Waals surface area contributed by atoms with Crippen LogP contribution in [0.2, 0.25) is 0 Å². The number of amides is 1. The van der Waals surface area contributed by atoms with Crippen LogP contribution in [0, 0.1) is 0 Å². The molecule has 0 aliphatic carbocycles. The van der Waals surface area contributed by atoms with E-state index >= 15 is 0 Å². The Morgan fingerprint density at radius 3 is 2.14 bits per heavy atom. The summed E-state index contributed by atoms with van der Waals surface area (Å²) >= 11 is 0. The summed E-state index contributed by atoms with van der Waals surface area (Å²) in [6.07, 6.45) is 0.265. The molecule has 0 unspecified atom stereocenters. The summed E-state index contributed by atoms with van der Waals surface area (Å²) < 4.78 is 5.08. The van der Waals surface area contributed by atoms with Crippen molar-refractivity contribution in [3.8, 4) is 5.75 Å². The maximum absolute atomic E-state index is 12.3. The topological polar surface area (TPSA) is 66.8 Å². The lowest BCUT2D eigenvalue weighted by Gasteiger charge is -2.17. The van der Waals surface area contributed by atoms with Crippen molar-refractivity contribution in [3.05, 3.63) is 59.7 Å². The van der Waals surface area contributed by atoms with Gasteiger partial charge in [0.25, 0.3) is 0 Å². The van der Waals surface area contributed by atoms with E-state index in [-0.39, 0.29) is 17.9 Å². The van der Waals surface area contributed by atoms with Gasteiger partial charge < -0.3 is 14.7 Å². The normalized spacial score (nSPS) is 10.1. The first-order valence-corrected chi connectivity index (χ1v) is 6.74. The lowest BCUT2D eigenvalue weighted by molar-refractivity contribution is -0.117. The van der Waals surface area contributed by atoms with Crippen molar-refractivity contribution in [2.24, 2.45) is 0 Å². The average molecular weight is 299 g/mol. The van der Waals surface area contributed by atoms with Crippen molar-refractivity contribution >= 4 is 17.6 Å². The van der Waals surface area contributed by atoms with E-state index in [1.54, 1.807) is 26.3 Å². The number of aromatic carboxylic acids is 1. The highest BCUT2D eigenvalue weighted by atomic mass is 16.5. The van der Waals surface area contributed by atoms with Crippen LogP contribution in [0.4, 0.5) is 5.69 Å². The zero-order chi connectivity index (χ0) is 16.1. The van der Waals surface area contributed by atoms with Gasteiger partial charge in [-0.25, -0.2) is 4.79 Å². The fraction of sp³-hybridized carbons (Fsp3) is 0.176. The third kappa shape index (κ3) is 3.63. The van der Waals surface area contributed by atoms with Gasteiger partial charge in [0.2, 0.25) is 5.91 Å². The number of methoxy groups -OCH3 is 1. The molecule has 2 rings (SSSR count). The van der Waals surface area contributed by atoms with Crippen molar-refractivity contribution in [1.29, 1.82) is 0 Å². The molecule has 2 aromatic carbocycles. The van der Waals surface area contributed by atoms with E-state index in [1.165, 1.54) is 17.0 Å². The quantitative estimate of drug-likeness (QED) is 0.921. The van der Waals surface area contributed by atoms with Gasteiger partial charge in [-0.3, -0.25) is 4.79 Å². The van der Waals surface area contributed by atoms with Gasteiger partial charge in [-0.2, -0.15) is 0 Å². The molecule has 0 heterocycles. The minimum absolute atomic E-state index is 0.0757. The molecule has 2 aromatic rings. The van der Waals surface area contributed by atoms with Crippen LogP contribution in [0.25, 0.3) is 0 Å². The fourth-order valence-corrected chi connectivity index (χ4v) is 2.01. The first kappa shape index (κ1) is 15.6. The summed E-state index contributed by atoms with van der Waals surface area (Å²) in [5.41, 5.74) is 1.74. The van der Waals surface area contributed by atoms with Gasteiger partial charge in [0.15, 0.2) is 0 Å². The van der Waals surface area contributed by atoms with Gasteiger partial charge >= 0.3 is 5.97 Å². The molecule has 0 bridgehead atoms. The van der Waals surface area contributed by atoms with Crippen LogP contribution in [0.15, 0.2) is 48.5 Å². The lowest BCUT2D eigenvalue weighted by Crippen LogP contribution is -2.27. The van der Waals surface area contributed by atoms with Crippen molar-refractivity contribution in [2.45, 2.75) is 6.42 Å². The molecule has 5 heteroatoms. The van der Waals surface area contributed by atoms with Crippen molar-refractivity contribution in [2.75, 3.05) is 19.1 Å². The molecule has 5 nitrogen and oxygen atoms in total. The number of carboxylic acids is 1. The number of rotatable bonds is 5. The Labute approximate surface area is 128 Å². The van der Waals surface area contributed by atoms with Crippen LogP contribution in [0.3, 0.4) is 0 Å². The standard InChI is InChI=1S/C17H17NO4/c1-18(14-7-5-13(6-8-14)17(20)21)16(19)11-12-3-9-15(22-2)10-4-12/h3-10H,11H2,1-2H3,(H,20,21). The van der Waals surface area contributed by atoms with E-state index in [1.807, 2.05) is 24.3 Å². The number of carbonyl (C=O) groups excluding carboxylic acids is 1. The van der Waals surface area contributed by atoms with Gasteiger partial charge in [-0.1, -0.05) is 12.1 Å². The average Bonchev–Trinajstić information content (AvgIpc) is 2.55. The molecular weight excluding hydrogens is 282 g/mol. The molecule has 0 aliphatic heterocycles. The molecule has 114 valence electrons. The Bertz CT molecular complexity index is 662. The van der Waals surface area contributed by atoms with E-state index < -0.39 is 5.97 Å². The number of nitrogens with zero attached hydrogens (tertiary/aromatic N) is 1. The summed E-state index contributed by atoms with van der Waals surface area (Å²) in [7, 11) is 3.26. The summed E-state index contributed by atoms with van der Waals surface area (Å²) in [6.45, 7) is 0. The number of likely N-dealkylation sites (N-methyl/N-ethyl adjacent to an activating group) is 1. The van der Waals surface area contributed by atoms with Crippen LogP contribution in [-0.2, 0) is 11.2 Å². The van der Waals surface area contributed by atoms with E-state index in [2.05, 4.69) is 0 Å². The zero-order valence-corrected chi connectivity index (χ0v) is 12.4. The first-order chi connectivity index (χ1) is 10.5. The molecule has 0 aromatic heterocycles. The van der Waals surface area contributed by atoms with Crippen LogP contribution >= 0.6 is 0 Å². The summed E-state index contributed by atoms with van der Waals surface area (Å²) in [6, 6.07) is 13.5. The van der Waals surface area contributed by atoms with Crippen LogP contribution < -0.4 is 9.64 Å². The Morgan fingerprint density at radius 1 is 1.05 bits per heavy atom. The molecule has 1 amide bonds. The number of anilines is 1. The van der Waals surface area contributed by atoms with Crippen molar-refractivity contribution < 1.29 is 19.4 Å². The molecule has 1 N–H and O–H groups in total. The zero-order valence-electron chi connectivity index (χ0n) is 12.4. The Balaban J connectivity index is 2.06. The first-order valence-electron chi connectivity index (χ1n) is 6.74. The lowest BCUT2D eigenvalue weighted by atomic mass is 10.1. The summed E-state index contributed by atoms with van der Waals surface area (Å²) in [5.74, 6) is -0.319. The van der Waals surface area contributed by atoms with Gasteiger partial charge in [-0.05, 0) is 42.0 Å². The number of carboxylic acid groups (broad SMARTS) is 1. The van der Waals surface area contributed by atoms with Gasteiger partial charge in [-0.15, -0.1) is 0 Å². The molecule has 0 spiro atoms. The van der Waals surface area contributed by atoms with Gasteiger partial charge in [0, 0.05) is 12.7 Å². The SMILES string of the molecule is COc1ccc(CC(=O)N(C)c2ccc(C(=O)O)cc2)cc1. The molecule has 0 aliphatic rings. The Kier molecular flexibility index (Phi) is 4.78. The van der Waals surface area contributed by atoms with Crippen molar-refractivity contribution in [1.82, 2.24) is 0 Å². The highest BCUT2D eigenvalue weighted by Crippen LogP contribution is 2.17. The van der Waals surface area contributed by atoms with Crippen LogP contribution in [0.5, 0.6) is 5.75 Å². The fourth-order valence-electron chi connectivity index (χ4n) is 2.01. The smallest absolute Gasteiger partial charge is 0.335 e. The van der Waals surface area contributed by atoms with Gasteiger partial charge in [0.1, 0.15) is 5.75 Å². The second-order valence-electron chi connectivity index (χ2n) is 4.83. The monoisotopic (exact) mass is 299 g/mol. The molecule has 0 saturated carbocycles. The molecule has 0 fully saturated rings. The number of hydrogen-bond acceptors (Lipinski definition) is 3. The van der Waals surface area contributed by atoms with E-state index in [9.17, 15) is 9.59 Å². The predicted molar refractivity (Wildman–Crippen MR) is 83.5 cm³/mol.